The van der Waals surface area contributed by atoms with E-state index in [0.29, 0.717) is 0 Å². The second-order valence-electron chi connectivity index (χ2n) is 15.6. The Bertz CT molecular complexity index is 3520. The Morgan fingerprint density at radius 3 is 1.37 bits per heavy atom. The number of hydrogen-bond acceptors (Lipinski definition) is 0. The average molecular weight is 748 g/mol. The zero-order chi connectivity index (χ0) is 38.9. The van der Waals surface area contributed by atoms with Crippen molar-refractivity contribution in [1.29, 1.82) is 0 Å². The van der Waals surface area contributed by atoms with Gasteiger partial charge in [-0.1, -0.05) is 200 Å². The first-order valence-electron chi connectivity index (χ1n) is 20.4. The number of hydrogen-bond donors (Lipinski definition) is 0. The monoisotopic (exact) mass is 747 g/mol. The number of rotatable bonds is 5. The Balaban J connectivity index is 1.10. The number of aromatic nitrogens is 1. The van der Waals surface area contributed by atoms with Gasteiger partial charge in [0.05, 0.1) is 11.0 Å². The van der Waals surface area contributed by atoms with Gasteiger partial charge in [0, 0.05) is 16.5 Å². The standard InChI is InChI=1S/C58H37N/c1-3-16-38(17-4-1)43-21-15-22-44(36-43)59-53-35-34-39-18-7-8-23-45(39)57(53)58-47-25-10-9-24-46(47)52(37-54(58)59)40-30-32-42(33-31-40)56-50-28-13-11-26-48(50)55(41-19-5-2-6-20-41)49-27-12-14-29-51(49)56/h1-37H. The Hall–Kier alpha value is -7.74. The molecule has 0 aliphatic rings. The maximum absolute atomic E-state index is 2.49. The van der Waals surface area contributed by atoms with E-state index < -0.39 is 0 Å². The van der Waals surface area contributed by atoms with E-state index in [4.69, 9.17) is 0 Å². The molecule has 274 valence electrons. The molecule has 0 aliphatic heterocycles. The Kier molecular flexibility index (Phi) is 7.61. The topological polar surface area (TPSA) is 4.93 Å². The van der Waals surface area contributed by atoms with Crippen LogP contribution >= 0.6 is 0 Å². The van der Waals surface area contributed by atoms with Gasteiger partial charge in [0.15, 0.2) is 0 Å². The molecule has 0 bridgehead atoms. The smallest absolute Gasteiger partial charge is 0.0553 e. The fourth-order valence-corrected chi connectivity index (χ4v) is 9.78. The highest BCUT2D eigenvalue weighted by Crippen LogP contribution is 2.46. The van der Waals surface area contributed by atoms with Crippen molar-refractivity contribution in [2.45, 2.75) is 0 Å². The lowest BCUT2D eigenvalue weighted by Crippen LogP contribution is -1.95. The highest BCUT2D eigenvalue weighted by atomic mass is 15.0. The van der Waals surface area contributed by atoms with Crippen LogP contribution in [0.5, 0.6) is 0 Å². The van der Waals surface area contributed by atoms with E-state index in [1.165, 1.54) is 109 Å². The summed E-state index contributed by atoms with van der Waals surface area (Å²) >= 11 is 0. The third-order valence-corrected chi connectivity index (χ3v) is 12.4. The summed E-state index contributed by atoms with van der Waals surface area (Å²) in [5.74, 6) is 0. The SMILES string of the molecule is c1ccc(-c2cccc(-n3c4ccc5ccccc5c4c4c5ccccc5c(-c5ccc(-c6c7ccccc7c(-c7ccccc7)c7ccccc67)cc5)cc43)c2)cc1. The van der Waals surface area contributed by atoms with Gasteiger partial charge in [-0.15, -0.1) is 0 Å². The van der Waals surface area contributed by atoms with Crippen LogP contribution in [0.15, 0.2) is 224 Å². The lowest BCUT2D eigenvalue weighted by Gasteiger charge is -2.18. The minimum absolute atomic E-state index is 1.15. The molecule has 0 saturated heterocycles. The van der Waals surface area contributed by atoms with Crippen LogP contribution in [0.1, 0.15) is 0 Å². The summed E-state index contributed by atoms with van der Waals surface area (Å²) in [5.41, 5.74) is 13.4. The second-order valence-corrected chi connectivity index (χ2v) is 15.6. The van der Waals surface area contributed by atoms with E-state index in [0.717, 1.165) is 5.69 Å². The fourth-order valence-electron chi connectivity index (χ4n) is 9.78. The van der Waals surface area contributed by atoms with Crippen LogP contribution in [0.2, 0.25) is 0 Å². The van der Waals surface area contributed by atoms with E-state index in [2.05, 4.69) is 229 Å². The molecule has 1 nitrogen and oxygen atoms in total. The van der Waals surface area contributed by atoms with Crippen molar-refractivity contribution in [2.75, 3.05) is 0 Å². The van der Waals surface area contributed by atoms with Crippen LogP contribution in [0.25, 0.3) is 115 Å². The van der Waals surface area contributed by atoms with Crippen molar-refractivity contribution in [2.24, 2.45) is 0 Å². The molecule has 1 heterocycles. The van der Waals surface area contributed by atoms with E-state index in [9.17, 15) is 0 Å². The molecule has 1 heteroatoms. The summed E-state index contributed by atoms with van der Waals surface area (Å²) < 4.78 is 2.49. The Morgan fingerprint density at radius 1 is 0.254 bits per heavy atom. The molecule has 0 fully saturated rings. The molecule has 0 saturated carbocycles. The molecule has 0 radical (unpaired) electrons. The van der Waals surface area contributed by atoms with Gasteiger partial charge in [0.2, 0.25) is 0 Å². The summed E-state index contributed by atoms with van der Waals surface area (Å²) in [6.45, 7) is 0. The normalized spacial score (nSPS) is 11.7. The lowest BCUT2D eigenvalue weighted by molar-refractivity contribution is 1.18. The van der Waals surface area contributed by atoms with E-state index in [1.54, 1.807) is 0 Å². The van der Waals surface area contributed by atoms with Gasteiger partial charge in [-0.25, -0.2) is 0 Å². The van der Waals surface area contributed by atoms with Gasteiger partial charge in [-0.2, -0.15) is 0 Å². The van der Waals surface area contributed by atoms with Crippen molar-refractivity contribution < 1.29 is 0 Å². The highest BCUT2D eigenvalue weighted by Gasteiger charge is 2.21. The van der Waals surface area contributed by atoms with Crippen LogP contribution in [0.4, 0.5) is 0 Å². The second kappa shape index (κ2) is 13.4. The van der Waals surface area contributed by atoms with Crippen LogP contribution in [0, 0.1) is 0 Å². The van der Waals surface area contributed by atoms with Crippen molar-refractivity contribution in [3.05, 3.63) is 224 Å². The largest absolute Gasteiger partial charge is 0.309 e. The zero-order valence-corrected chi connectivity index (χ0v) is 32.3. The third kappa shape index (κ3) is 5.25. The van der Waals surface area contributed by atoms with Gasteiger partial charge in [-0.3, -0.25) is 0 Å². The Morgan fingerprint density at radius 2 is 0.729 bits per heavy atom. The first-order chi connectivity index (χ1) is 29.3. The minimum atomic E-state index is 1.15. The van der Waals surface area contributed by atoms with Crippen molar-refractivity contribution in [3.63, 3.8) is 0 Å². The highest BCUT2D eigenvalue weighted by molar-refractivity contribution is 6.30. The van der Waals surface area contributed by atoms with Crippen molar-refractivity contribution >= 4 is 64.9 Å². The molecule has 59 heavy (non-hydrogen) atoms. The van der Waals surface area contributed by atoms with Gasteiger partial charge in [0.25, 0.3) is 0 Å². The number of fused-ring (bicyclic) bond motifs is 9. The molecular weight excluding hydrogens is 711 g/mol. The molecule has 12 aromatic rings. The first-order valence-corrected chi connectivity index (χ1v) is 20.4. The molecule has 0 spiro atoms. The number of benzene rings is 11. The van der Waals surface area contributed by atoms with E-state index >= 15 is 0 Å². The minimum Gasteiger partial charge on any atom is -0.309 e. The van der Waals surface area contributed by atoms with Crippen molar-refractivity contribution in [1.82, 2.24) is 4.57 Å². The molecule has 0 N–H and O–H groups in total. The quantitative estimate of drug-likeness (QED) is 0.155. The average Bonchev–Trinajstić information content (AvgIpc) is 3.66. The van der Waals surface area contributed by atoms with E-state index in [-0.39, 0.29) is 0 Å². The van der Waals surface area contributed by atoms with Crippen LogP contribution < -0.4 is 0 Å². The fraction of sp³-hybridized carbons (Fsp3) is 0. The van der Waals surface area contributed by atoms with Gasteiger partial charge < -0.3 is 4.57 Å². The van der Waals surface area contributed by atoms with Crippen LogP contribution in [0.3, 0.4) is 0 Å². The van der Waals surface area contributed by atoms with Gasteiger partial charge in [0.1, 0.15) is 0 Å². The summed E-state index contributed by atoms with van der Waals surface area (Å²) in [6, 6.07) is 82.4. The maximum Gasteiger partial charge on any atom is 0.0553 e. The van der Waals surface area contributed by atoms with E-state index in [1.807, 2.05) is 0 Å². The molecule has 12 rings (SSSR count). The Labute approximate surface area is 342 Å². The number of nitrogens with zero attached hydrogens (tertiary/aromatic N) is 1. The summed E-state index contributed by atoms with van der Waals surface area (Å²) in [5, 5.41) is 12.7. The molecule has 0 unspecified atom stereocenters. The molecule has 0 amide bonds. The van der Waals surface area contributed by atoms with Crippen LogP contribution in [-0.2, 0) is 0 Å². The lowest BCUT2D eigenvalue weighted by atomic mass is 9.85. The molecule has 1 aromatic heterocycles. The third-order valence-electron chi connectivity index (χ3n) is 12.4. The van der Waals surface area contributed by atoms with Crippen molar-refractivity contribution in [3.8, 4) is 50.2 Å². The predicted octanol–water partition coefficient (Wildman–Crippen LogP) is 16.1. The molecular formula is C58H37N. The predicted molar refractivity (Wildman–Crippen MR) is 253 cm³/mol. The summed E-state index contributed by atoms with van der Waals surface area (Å²) in [4.78, 5) is 0. The zero-order valence-electron chi connectivity index (χ0n) is 32.3. The molecule has 0 aliphatic carbocycles. The van der Waals surface area contributed by atoms with Gasteiger partial charge in [-0.05, 0) is 112 Å². The summed E-state index contributed by atoms with van der Waals surface area (Å²) in [7, 11) is 0. The molecule has 0 atom stereocenters. The molecule has 11 aromatic carbocycles. The summed E-state index contributed by atoms with van der Waals surface area (Å²) in [6.07, 6.45) is 0. The maximum atomic E-state index is 2.49. The van der Waals surface area contributed by atoms with Gasteiger partial charge >= 0.3 is 0 Å². The van der Waals surface area contributed by atoms with Crippen LogP contribution in [-0.4, -0.2) is 4.57 Å². The first kappa shape index (κ1) is 33.4.